The average Bonchev–Trinajstić information content (AvgIpc) is 3.26. The van der Waals surface area contributed by atoms with E-state index in [0.717, 1.165) is 0 Å². The van der Waals surface area contributed by atoms with Crippen LogP contribution in [0, 0.1) is 0 Å². The van der Waals surface area contributed by atoms with E-state index < -0.39 is 28.7 Å². The number of hydrogen-bond acceptors (Lipinski definition) is 4. The lowest BCUT2D eigenvalue weighted by Gasteiger charge is -2.38. The maximum absolute atomic E-state index is 13.9. The SMILES string of the molecule is O=C(O)CNC1=C2C(=CC(Cl)C1)NC(=O)C21C(c2ccccc2)=CC(=O)N1c1cccc(Cl)c1. The molecule has 1 fully saturated rings. The van der Waals surface area contributed by atoms with Crippen LogP contribution in [0.15, 0.2) is 83.7 Å². The molecule has 9 heteroatoms. The minimum Gasteiger partial charge on any atom is -0.480 e. The number of fused-ring (bicyclic) bond motifs is 2. The third-order valence-electron chi connectivity index (χ3n) is 6.07. The standard InChI is InChI=1S/C25H19Cl2N3O4/c26-15-7-4-8-17(9-15)30-21(31)12-18(14-5-2-1-3-6-14)25(30)23-19(28-13-22(32)33)10-16(27)11-20(23)29-24(25)34/h1-9,11-12,16,28H,10,13H2,(H,29,34)(H,32,33). The fraction of sp³-hybridized carbons (Fsp3) is 0.160. The lowest BCUT2D eigenvalue weighted by atomic mass is 9.77. The van der Waals surface area contributed by atoms with Gasteiger partial charge in [0.15, 0.2) is 5.54 Å². The van der Waals surface area contributed by atoms with Crippen molar-refractivity contribution in [1.29, 1.82) is 0 Å². The lowest BCUT2D eigenvalue weighted by molar-refractivity contribution is -0.135. The Morgan fingerprint density at radius 1 is 1.18 bits per heavy atom. The molecule has 0 bridgehead atoms. The van der Waals surface area contributed by atoms with Crippen molar-refractivity contribution in [1.82, 2.24) is 10.6 Å². The highest BCUT2D eigenvalue weighted by Crippen LogP contribution is 2.53. The topological polar surface area (TPSA) is 98.7 Å². The minimum atomic E-state index is -1.58. The van der Waals surface area contributed by atoms with Gasteiger partial charge in [-0.2, -0.15) is 0 Å². The average molecular weight is 496 g/mol. The molecule has 2 amide bonds. The van der Waals surface area contributed by atoms with Crippen LogP contribution in [0.3, 0.4) is 0 Å². The van der Waals surface area contributed by atoms with E-state index in [-0.39, 0.29) is 13.0 Å². The van der Waals surface area contributed by atoms with Gasteiger partial charge < -0.3 is 15.7 Å². The monoisotopic (exact) mass is 495 g/mol. The summed E-state index contributed by atoms with van der Waals surface area (Å²) in [5, 5.41) is 15.1. The zero-order chi connectivity index (χ0) is 24.0. The Hall–Kier alpha value is -3.55. The van der Waals surface area contributed by atoms with Crippen molar-refractivity contribution >= 4 is 52.2 Å². The number of alkyl halides is 1. The van der Waals surface area contributed by atoms with Crippen LogP contribution < -0.4 is 15.5 Å². The van der Waals surface area contributed by atoms with Gasteiger partial charge in [-0.3, -0.25) is 19.3 Å². The summed E-state index contributed by atoms with van der Waals surface area (Å²) in [6.45, 7) is -0.366. The highest BCUT2D eigenvalue weighted by atomic mass is 35.5. The van der Waals surface area contributed by atoms with Gasteiger partial charge in [-0.15, -0.1) is 11.6 Å². The second kappa shape index (κ2) is 8.34. The molecule has 1 spiro atoms. The number of aliphatic carboxylic acids is 1. The fourth-order valence-electron chi connectivity index (χ4n) is 4.86. The Morgan fingerprint density at radius 2 is 1.94 bits per heavy atom. The summed E-state index contributed by atoms with van der Waals surface area (Å²) in [4.78, 5) is 40.2. The smallest absolute Gasteiger partial charge is 0.322 e. The number of carboxylic acids is 1. The van der Waals surface area contributed by atoms with E-state index in [1.165, 1.54) is 11.0 Å². The second-order valence-electron chi connectivity index (χ2n) is 8.14. The third kappa shape index (κ3) is 3.40. The number of halogens is 2. The van der Waals surface area contributed by atoms with Crippen molar-refractivity contribution in [3.05, 3.63) is 94.3 Å². The van der Waals surface area contributed by atoms with Crippen molar-refractivity contribution in [2.75, 3.05) is 11.4 Å². The Morgan fingerprint density at radius 3 is 2.65 bits per heavy atom. The van der Waals surface area contributed by atoms with Gasteiger partial charge in [0.25, 0.3) is 11.8 Å². The number of anilines is 1. The Balaban J connectivity index is 1.81. The molecule has 3 aliphatic rings. The molecule has 0 aromatic heterocycles. The van der Waals surface area contributed by atoms with E-state index in [1.807, 2.05) is 30.3 Å². The molecule has 2 heterocycles. The first-order valence-electron chi connectivity index (χ1n) is 10.6. The van der Waals surface area contributed by atoms with E-state index in [0.29, 0.717) is 38.8 Å². The third-order valence-corrected chi connectivity index (χ3v) is 6.59. The van der Waals surface area contributed by atoms with Crippen molar-refractivity contribution in [3.8, 4) is 0 Å². The molecule has 172 valence electrons. The van der Waals surface area contributed by atoms with Crippen LogP contribution in [0.25, 0.3) is 5.57 Å². The van der Waals surface area contributed by atoms with Crippen molar-refractivity contribution in [2.45, 2.75) is 17.3 Å². The number of rotatable bonds is 5. The van der Waals surface area contributed by atoms with Gasteiger partial charge in [-0.1, -0.05) is 48.0 Å². The number of hydrogen-bond donors (Lipinski definition) is 3. The number of carboxylic acid groups (broad SMARTS) is 1. The molecular weight excluding hydrogens is 477 g/mol. The maximum Gasteiger partial charge on any atom is 0.322 e. The quantitative estimate of drug-likeness (QED) is 0.551. The molecule has 0 radical (unpaired) electrons. The first-order valence-corrected chi connectivity index (χ1v) is 11.4. The number of nitrogens with one attached hydrogen (secondary N) is 2. The molecule has 5 rings (SSSR count). The van der Waals surface area contributed by atoms with Gasteiger partial charge in [0.2, 0.25) is 0 Å². The first-order chi connectivity index (χ1) is 16.3. The highest BCUT2D eigenvalue weighted by Gasteiger charge is 2.62. The Bertz CT molecular complexity index is 1320. The van der Waals surface area contributed by atoms with Gasteiger partial charge >= 0.3 is 5.97 Å². The van der Waals surface area contributed by atoms with E-state index in [9.17, 15) is 19.5 Å². The zero-order valence-electron chi connectivity index (χ0n) is 17.7. The van der Waals surface area contributed by atoms with Crippen LogP contribution >= 0.6 is 23.2 Å². The van der Waals surface area contributed by atoms with Crippen molar-refractivity contribution < 1.29 is 19.5 Å². The highest BCUT2D eigenvalue weighted by molar-refractivity contribution is 6.32. The molecule has 0 saturated carbocycles. The van der Waals surface area contributed by atoms with Crippen molar-refractivity contribution in [2.24, 2.45) is 0 Å². The van der Waals surface area contributed by atoms with Gasteiger partial charge in [-0.25, -0.2) is 0 Å². The summed E-state index contributed by atoms with van der Waals surface area (Å²) >= 11 is 12.7. The molecule has 34 heavy (non-hydrogen) atoms. The normalized spacial score (nSPS) is 23.6. The summed E-state index contributed by atoms with van der Waals surface area (Å²) in [6, 6.07) is 15.9. The van der Waals surface area contributed by atoms with Crippen molar-refractivity contribution in [3.63, 3.8) is 0 Å². The molecule has 7 nitrogen and oxygen atoms in total. The van der Waals surface area contributed by atoms with Gasteiger partial charge in [0, 0.05) is 45.7 Å². The number of carbonyl (C=O) groups is 3. The van der Waals surface area contributed by atoms with E-state index in [4.69, 9.17) is 23.2 Å². The molecule has 1 aliphatic carbocycles. The molecule has 2 atom stereocenters. The Labute approximate surface area is 205 Å². The van der Waals surface area contributed by atoms with Crippen LogP contribution in [-0.2, 0) is 14.4 Å². The molecule has 3 N–H and O–H groups in total. The van der Waals surface area contributed by atoms with Crippen LogP contribution in [0.5, 0.6) is 0 Å². The van der Waals surface area contributed by atoms with Crippen LogP contribution in [0.1, 0.15) is 12.0 Å². The fourth-order valence-corrected chi connectivity index (χ4v) is 5.33. The predicted octanol–water partition coefficient (Wildman–Crippen LogP) is 3.46. The number of benzene rings is 2. The molecular formula is C25H19Cl2N3O4. The molecule has 2 unspecified atom stereocenters. The lowest BCUT2D eigenvalue weighted by Crippen LogP contribution is -2.55. The number of allylic oxidation sites excluding steroid dienone is 2. The molecule has 2 aromatic carbocycles. The summed E-state index contributed by atoms with van der Waals surface area (Å²) in [6.07, 6.45) is 3.44. The summed E-state index contributed by atoms with van der Waals surface area (Å²) in [7, 11) is 0. The largest absolute Gasteiger partial charge is 0.480 e. The van der Waals surface area contributed by atoms with Crippen LogP contribution in [0.4, 0.5) is 5.69 Å². The second-order valence-corrected chi connectivity index (χ2v) is 9.14. The summed E-state index contributed by atoms with van der Waals surface area (Å²) in [5.74, 6) is -1.89. The summed E-state index contributed by atoms with van der Waals surface area (Å²) in [5.41, 5.74) is 1.46. The van der Waals surface area contributed by atoms with Crippen LogP contribution in [-0.4, -0.2) is 40.4 Å². The van der Waals surface area contributed by atoms with E-state index in [2.05, 4.69) is 10.6 Å². The zero-order valence-corrected chi connectivity index (χ0v) is 19.2. The first kappa shape index (κ1) is 22.3. The number of nitrogens with zero attached hydrogens (tertiary/aromatic N) is 1. The summed E-state index contributed by atoms with van der Waals surface area (Å²) < 4.78 is 0. The number of amides is 2. The Kier molecular flexibility index (Phi) is 5.46. The van der Waals surface area contributed by atoms with Gasteiger partial charge in [0.05, 0.1) is 5.38 Å². The molecule has 2 aliphatic heterocycles. The minimum absolute atomic E-state index is 0.268. The molecule has 1 saturated heterocycles. The van der Waals surface area contributed by atoms with Crippen LogP contribution in [0.2, 0.25) is 5.02 Å². The molecule has 2 aromatic rings. The number of carbonyl (C=O) groups excluding carboxylic acids is 2. The maximum atomic E-state index is 13.9. The van der Waals surface area contributed by atoms with E-state index >= 15 is 0 Å². The predicted molar refractivity (Wildman–Crippen MR) is 129 cm³/mol. The van der Waals surface area contributed by atoms with Gasteiger partial charge in [-0.05, 0) is 29.8 Å². The van der Waals surface area contributed by atoms with E-state index in [1.54, 1.807) is 30.3 Å². The van der Waals surface area contributed by atoms with Gasteiger partial charge in [0.1, 0.15) is 6.54 Å².